The lowest BCUT2D eigenvalue weighted by molar-refractivity contribution is 0.177. The molecule has 0 spiro atoms. The summed E-state index contributed by atoms with van der Waals surface area (Å²) in [5.74, 6) is 0.414. The molecule has 5 nitrogen and oxygen atoms in total. The van der Waals surface area contributed by atoms with Crippen LogP contribution in [0.4, 0.5) is 0 Å². The van der Waals surface area contributed by atoms with E-state index in [1.807, 2.05) is 0 Å². The highest BCUT2D eigenvalue weighted by Crippen LogP contribution is 2.00. The van der Waals surface area contributed by atoms with Crippen LogP contribution in [0.25, 0.3) is 0 Å². The van der Waals surface area contributed by atoms with Crippen LogP contribution in [0.5, 0.6) is 0 Å². The number of hydrogen-bond donors (Lipinski definition) is 3. The molecule has 0 unspecified atom stereocenters. The monoisotopic (exact) mass is 128 g/mol. The van der Waals surface area contributed by atoms with Crippen LogP contribution in [-0.2, 0) is 0 Å². The van der Waals surface area contributed by atoms with Crippen molar-refractivity contribution in [3.8, 4) is 0 Å². The lowest BCUT2D eigenvalue weighted by Crippen LogP contribution is -2.12. The summed E-state index contributed by atoms with van der Waals surface area (Å²) in [6.45, 7) is 0.162. The van der Waals surface area contributed by atoms with Crippen LogP contribution in [0.15, 0.2) is 6.33 Å². The third-order valence-electron chi connectivity index (χ3n) is 0.973. The number of aromatic amines is 1. The molecule has 0 fully saturated rings. The fraction of sp³-hybridized carbons (Fsp3) is 0.500. The van der Waals surface area contributed by atoms with E-state index in [0.717, 1.165) is 0 Å². The van der Waals surface area contributed by atoms with Crippen molar-refractivity contribution in [1.82, 2.24) is 15.2 Å². The van der Waals surface area contributed by atoms with Gasteiger partial charge in [-0.05, 0) is 0 Å². The maximum atomic E-state index is 8.96. The molecular weight excluding hydrogens is 120 g/mol. The third-order valence-corrected chi connectivity index (χ3v) is 0.973. The summed E-state index contributed by atoms with van der Waals surface area (Å²) >= 11 is 0. The molecule has 0 aromatic carbocycles. The molecule has 0 saturated heterocycles. The van der Waals surface area contributed by atoms with E-state index in [0.29, 0.717) is 5.82 Å². The first-order valence-corrected chi connectivity index (χ1v) is 2.58. The maximum absolute atomic E-state index is 8.96. The predicted molar refractivity (Wildman–Crippen MR) is 30.4 cm³/mol. The number of nitrogens with one attached hydrogen (secondary N) is 1. The van der Waals surface area contributed by atoms with Gasteiger partial charge in [0.25, 0.3) is 0 Å². The van der Waals surface area contributed by atoms with Crippen LogP contribution in [0, 0.1) is 0 Å². The Bertz CT molecular complexity index is 161. The molecule has 1 aromatic rings. The Morgan fingerprint density at radius 1 is 1.89 bits per heavy atom. The highest BCUT2D eigenvalue weighted by Gasteiger charge is 2.05. The molecule has 5 heteroatoms. The number of aliphatic hydroxyl groups excluding tert-OH is 1. The molecule has 1 atom stereocenters. The fourth-order valence-electron chi connectivity index (χ4n) is 0.487. The molecule has 1 heterocycles. The Labute approximate surface area is 51.9 Å². The molecule has 4 N–H and O–H groups in total. The summed E-state index contributed by atoms with van der Waals surface area (Å²) in [6.07, 6.45) is 0.612. The minimum atomic E-state index is -0.715. The smallest absolute Gasteiger partial charge is 0.154 e. The Balaban J connectivity index is 2.65. The average Bonchev–Trinajstić information content (AvgIpc) is 2.37. The van der Waals surface area contributed by atoms with Crippen LogP contribution in [-0.4, -0.2) is 26.8 Å². The molecule has 9 heavy (non-hydrogen) atoms. The number of nitrogens with two attached hydrogens (primary N) is 1. The number of aromatic nitrogens is 3. The topological polar surface area (TPSA) is 87.8 Å². The van der Waals surface area contributed by atoms with Crippen LogP contribution < -0.4 is 5.73 Å². The summed E-state index contributed by atoms with van der Waals surface area (Å²) in [5.41, 5.74) is 5.13. The summed E-state index contributed by atoms with van der Waals surface area (Å²) in [5, 5.41) is 15.0. The predicted octanol–water partition coefficient (Wildman–Crippen LogP) is -1.20. The standard InChI is InChI=1S/C4H8N4O/c5-1-3(9)4-6-2-7-8-4/h2-3,9H,1,5H2,(H,6,7,8)/t3-/m1/s1. The molecule has 0 aliphatic heterocycles. The van der Waals surface area contributed by atoms with Crippen molar-refractivity contribution in [2.75, 3.05) is 6.54 Å². The SMILES string of the molecule is NC[C@@H](O)c1ncn[nH]1. The van der Waals surface area contributed by atoms with Gasteiger partial charge in [0.1, 0.15) is 12.4 Å². The van der Waals surface area contributed by atoms with Gasteiger partial charge in [-0.25, -0.2) is 4.98 Å². The van der Waals surface area contributed by atoms with Crippen molar-refractivity contribution < 1.29 is 5.11 Å². The molecule has 0 saturated carbocycles. The zero-order chi connectivity index (χ0) is 6.69. The van der Waals surface area contributed by atoms with Crippen LogP contribution >= 0.6 is 0 Å². The minimum absolute atomic E-state index is 0.162. The van der Waals surface area contributed by atoms with E-state index in [4.69, 9.17) is 10.8 Å². The Hall–Kier alpha value is -0.940. The Morgan fingerprint density at radius 3 is 3.11 bits per heavy atom. The normalized spacial score (nSPS) is 13.6. The first kappa shape index (κ1) is 6.18. The summed E-state index contributed by atoms with van der Waals surface area (Å²) < 4.78 is 0. The Morgan fingerprint density at radius 2 is 2.67 bits per heavy atom. The Kier molecular flexibility index (Phi) is 1.76. The molecule has 0 radical (unpaired) electrons. The van der Waals surface area contributed by atoms with Gasteiger partial charge in [0.2, 0.25) is 0 Å². The number of hydrogen-bond acceptors (Lipinski definition) is 4. The second-order valence-electron chi connectivity index (χ2n) is 1.62. The van der Waals surface area contributed by atoms with E-state index in [1.54, 1.807) is 0 Å². The van der Waals surface area contributed by atoms with Crippen molar-refractivity contribution in [3.63, 3.8) is 0 Å². The number of aliphatic hydroxyl groups is 1. The molecule has 1 rings (SSSR count). The van der Waals surface area contributed by atoms with E-state index in [-0.39, 0.29) is 6.54 Å². The molecule has 50 valence electrons. The quantitative estimate of drug-likeness (QED) is 0.466. The molecule has 0 aliphatic carbocycles. The van der Waals surface area contributed by atoms with E-state index in [2.05, 4.69) is 15.2 Å². The highest BCUT2D eigenvalue weighted by atomic mass is 16.3. The zero-order valence-corrected chi connectivity index (χ0v) is 4.78. The third kappa shape index (κ3) is 1.24. The maximum Gasteiger partial charge on any atom is 0.154 e. The van der Waals surface area contributed by atoms with Gasteiger partial charge in [-0.3, -0.25) is 5.10 Å². The minimum Gasteiger partial charge on any atom is -0.384 e. The first-order chi connectivity index (χ1) is 4.34. The molecule has 0 amide bonds. The van der Waals surface area contributed by atoms with Crippen molar-refractivity contribution in [2.45, 2.75) is 6.10 Å². The van der Waals surface area contributed by atoms with Crippen LogP contribution in [0.2, 0.25) is 0 Å². The second kappa shape index (κ2) is 2.56. The summed E-state index contributed by atoms with van der Waals surface area (Å²) in [6, 6.07) is 0. The highest BCUT2D eigenvalue weighted by molar-refractivity contribution is 4.86. The molecule has 1 aromatic heterocycles. The number of H-pyrrole nitrogens is 1. The van der Waals surface area contributed by atoms with Crippen molar-refractivity contribution in [1.29, 1.82) is 0 Å². The van der Waals surface area contributed by atoms with E-state index >= 15 is 0 Å². The van der Waals surface area contributed by atoms with Gasteiger partial charge in [0.15, 0.2) is 5.82 Å². The number of nitrogens with zero attached hydrogens (tertiary/aromatic N) is 2. The van der Waals surface area contributed by atoms with Gasteiger partial charge in [0, 0.05) is 6.54 Å². The fourth-order valence-corrected chi connectivity index (χ4v) is 0.487. The lowest BCUT2D eigenvalue weighted by Gasteiger charge is -1.99. The zero-order valence-electron chi connectivity index (χ0n) is 4.78. The lowest BCUT2D eigenvalue weighted by atomic mass is 10.3. The van der Waals surface area contributed by atoms with Gasteiger partial charge < -0.3 is 10.8 Å². The van der Waals surface area contributed by atoms with Gasteiger partial charge >= 0.3 is 0 Å². The molecule has 0 bridgehead atoms. The van der Waals surface area contributed by atoms with Crippen LogP contribution in [0.3, 0.4) is 0 Å². The molecular formula is C4H8N4O. The number of rotatable bonds is 2. The van der Waals surface area contributed by atoms with E-state index in [9.17, 15) is 0 Å². The molecule has 0 aliphatic rings. The van der Waals surface area contributed by atoms with Gasteiger partial charge in [-0.1, -0.05) is 0 Å². The van der Waals surface area contributed by atoms with Crippen molar-refractivity contribution >= 4 is 0 Å². The van der Waals surface area contributed by atoms with Gasteiger partial charge in [0.05, 0.1) is 0 Å². The van der Waals surface area contributed by atoms with Crippen molar-refractivity contribution in [2.24, 2.45) is 5.73 Å². The second-order valence-corrected chi connectivity index (χ2v) is 1.62. The first-order valence-electron chi connectivity index (χ1n) is 2.58. The van der Waals surface area contributed by atoms with E-state index in [1.165, 1.54) is 6.33 Å². The van der Waals surface area contributed by atoms with Crippen molar-refractivity contribution in [3.05, 3.63) is 12.2 Å². The largest absolute Gasteiger partial charge is 0.384 e. The van der Waals surface area contributed by atoms with Crippen LogP contribution in [0.1, 0.15) is 11.9 Å². The van der Waals surface area contributed by atoms with E-state index < -0.39 is 6.10 Å². The van der Waals surface area contributed by atoms with Gasteiger partial charge in [-0.15, -0.1) is 0 Å². The average molecular weight is 128 g/mol. The van der Waals surface area contributed by atoms with Gasteiger partial charge in [-0.2, -0.15) is 5.10 Å². The summed E-state index contributed by atoms with van der Waals surface area (Å²) in [4.78, 5) is 3.69. The summed E-state index contributed by atoms with van der Waals surface area (Å²) in [7, 11) is 0.